The van der Waals surface area contributed by atoms with Crippen molar-refractivity contribution >= 4 is 107 Å². The van der Waals surface area contributed by atoms with Gasteiger partial charge in [-0.1, -0.05) is 48.2 Å². The van der Waals surface area contributed by atoms with Gasteiger partial charge in [-0.25, -0.2) is 0 Å². The highest BCUT2D eigenvalue weighted by Crippen LogP contribution is 2.32. The summed E-state index contributed by atoms with van der Waals surface area (Å²) in [4.78, 5) is 68.4. The molecule has 2 radical (unpaired) electrons. The van der Waals surface area contributed by atoms with Gasteiger partial charge in [0.1, 0.15) is 27.4 Å². The van der Waals surface area contributed by atoms with Crippen LogP contribution in [0.3, 0.4) is 0 Å². The highest BCUT2D eigenvalue weighted by atomic mass is 127. The van der Waals surface area contributed by atoms with E-state index in [0.717, 1.165) is 17.4 Å². The lowest BCUT2D eigenvalue weighted by molar-refractivity contribution is -0.307. The average Bonchev–Trinajstić information content (AvgIpc) is 3.01. The van der Waals surface area contributed by atoms with Crippen LogP contribution in [0.1, 0.15) is 55.2 Å². The zero-order valence-corrected chi connectivity index (χ0v) is 39.4. The molecular weight excluding hydrogens is 964 g/mol. The molecule has 17 nitrogen and oxygen atoms in total. The Balaban J connectivity index is -0.0000000714. The first-order valence-electron chi connectivity index (χ1n) is 16.2. The van der Waals surface area contributed by atoms with Gasteiger partial charge in [-0.3, -0.25) is 19.2 Å². The minimum absolute atomic E-state index is 0. The lowest BCUT2D eigenvalue weighted by atomic mass is 10.2. The van der Waals surface area contributed by atoms with E-state index in [1.54, 1.807) is 0 Å². The Morgan fingerprint density at radius 3 is 1.13 bits per heavy atom. The first-order chi connectivity index (χ1) is 24.4. The van der Waals surface area contributed by atoms with Crippen molar-refractivity contribution in [3.05, 3.63) is 0 Å². The second-order valence-electron chi connectivity index (χ2n) is 10.4. The summed E-state index contributed by atoms with van der Waals surface area (Å²) in [6, 6.07) is 0. The van der Waals surface area contributed by atoms with Crippen molar-refractivity contribution in [2.75, 3.05) is 102 Å². The molecule has 3 N–H and O–H groups in total. The Morgan fingerprint density at radius 2 is 0.943 bits per heavy atom. The zero-order chi connectivity index (χ0) is 43.4. The lowest BCUT2D eigenvalue weighted by Crippen LogP contribution is -2.24. The quantitative estimate of drug-likeness (QED) is 0.0401. The molecule has 0 spiro atoms. The van der Waals surface area contributed by atoms with Crippen LogP contribution in [0.5, 0.6) is 0 Å². The smallest absolute Gasteiger partial charge is 0.306 e. The number of likely N-dealkylation sites (N-methyl/N-ethyl adjacent to an activating group) is 3. The fourth-order valence-electron chi connectivity index (χ4n) is 1.89. The average molecular weight is 1030 g/mol. The number of halogens is 2. The second kappa shape index (κ2) is 53.2. The van der Waals surface area contributed by atoms with Crippen molar-refractivity contribution in [2.24, 2.45) is 0 Å². The topological polar surface area (TPSA) is 247 Å². The third-order valence-electron chi connectivity index (χ3n) is 4.11. The Morgan fingerprint density at radius 1 is 0.698 bits per heavy atom. The van der Waals surface area contributed by atoms with Crippen LogP contribution in [0.4, 0.5) is 0 Å². The highest BCUT2D eigenvalue weighted by Gasteiger charge is 2.07. The summed E-state index contributed by atoms with van der Waals surface area (Å²) in [6.45, 7) is 10.7. The first kappa shape index (κ1) is 66.9. The van der Waals surface area contributed by atoms with Crippen molar-refractivity contribution in [1.82, 2.24) is 14.7 Å². The minimum Gasteiger partial charge on any atom is -0.550 e. The summed E-state index contributed by atoms with van der Waals surface area (Å²) in [5.41, 5.74) is -0.150. The number of aliphatic hydroxyl groups excluding tert-OH is 2. The number of carbonyl (C=O) groups excluding carboxylic acids is 5. The normalized spacial score (nSPS) is 9.77. The Bertz CT molecular complexity index is 845. The van der Waals surface area contributed by atoms with Crippen LogP contribution in [-0.2, 0) is 43.0 Å². The van der Waals surface area contributed by atoms with Gasteiger partial charge < -0.3 is 64.0 Å². The maximum atomic E-state index is 10.9. The van der Waals surface area contributed by atoms with Crippen LogP contribution in [0.25, 0.3) is 0 Å². The van der Waals surface area contributed by atoms with Crippen LogP contribution < -0.4 is 10.2 Å². The predicted molar refractivity (Wildman–Crippen MR) is 232 cm³/mol. The summed E-state index contributed by atoms with van der Waals surface area (Å²) in [7, 11) is 19.2. The molecule has 0 amide bonds. The third-order valence-corrected chi connectivity index (χ3v) is 4.11. The molecule has 0 fully saturated rings. The molecule has 0 bridgehead atoms. The zero-order valence-electron chi connectivity index (χ0n) is 33.0. The van der Waals surface area contributed by atoms with Gasteiger partial charge in [-0.15, -0.1) is 22.4 Å². The molecule has 0 aromatic carbocycles. The molecule has 0 saturated heterocycles. The fraction of sp³-hybridized carbons (Fsp3) is 0.800. The molecule has 318 valence electrons. The standard InChI is InChI=1S/C10H14O8.C8H15NO4.2C4H11NO.C2H6.CH3BIP.CH5BIP.2H2/c11-7(12)1-3-9(15)17-5-6-18-10(16)4-2-8(13)14;1-9(2)5-6-13-8(12)4-3-7(10)11;2*1-5(2)3-4-6;1-2;1-4(2)3;1-2(3)4;;/h1-6H2,(H,11,12)(H,13,14);3-6H2,1-2H3,(H,10,11);2*6H,3-4H2,1-2H3;1-2H3;1H3;4H2,1H3;2*1H/p-2. The molecule has 0 heterocycles. The number of rotatable bonds is 19. The largest absolute Gasteiger partial charge is 0.550 e. The van der Waals surface area contributed by atoms with E-state index in [9.17, 15) is 39.0 Å². The molecule has 0 aliphatic heterocycles. The number of hydrogen-bond acceptors (Lipinski definition) is 16. The van der Waals surface area contributed by atoms with E-state index in [4.69, 9.17) is 27.6 Å². The maximum absolute atomic E-state index is 10.9. The Labute approximate surface area is 351 Å². The number of aliphatic carboxylic acids is 3. The third kappa shape index (κ3) is 112. The SMILES string of the molecule is CB(P)I.CC.CN(C)CCO.CN(C)CCO.CN(C)CCOC(=O)CCC(=O)[O-].O=C([O-])CCC(=O)OCCOC(=O)CCC(=O)O.[B]P(C)I.[HH].[HH]. The van der Waals surface area contributed by atoms with E-state index in [-0.39, 0.29) is 66.8 Å². The first-order valence-corrected chi connectivity index (χ1v) is 22.8. The Hall–Kier alpha value is -0.930. The molecule has 53 heavy (non-hydrogen) atoms. The van der Waals surface area contributed by atoms with Crippen LogP contribution in [0.2, 0.25) is 6.82 Å². The molecule has 0 rings (SSSR count). The van der Waals surface area contributed by atoms with Gasteiger partial charge in [-0.05, 0) is 61.8 Å². The molecule has 0 saturated carbocycles. The van der Waals surface area contributed by atoms with Gasteiger partial charge in [0, 0.05) is 34.4 Å². The number of carbonyl (C=O) groups is 6. The number of hydrogen-bond donors (Lipinski definition) is 3. The van der Waals surface area contributed by atoms with Gasteiger partial charge >= 0.3 is 23.9 Å². The van der Waals surface area contributed by atoms with Gasteiger partial charge in [0.25, 0.3) is 0 Å². The molecule has 23 heteroatoms. The monoisotopic (exact) mass is 1030 g/mol. The van der Waals surface area contributed by atoms with E-state index in [1.807, 2.05) is 77.5 Å². The molecule has 0 aromatic rings. The summed E-state index contributed by atoms with van der Waals surface area (Å²) in [6.07, 6.45) is -1.72. The summed E-state index contributed by atoms with van der Waals surface area (Å²) in [5.74, 6) is -5.63. The van der Waals surface area contributed by atoms with Gasteiger partial charge in [0.15, 0.2) is 0 Å². The second-order valence-corrected chi connectivity index (χ2v) is 20.3. The summed E-state index contributed by atoms with van der Waals surface area (Å²) < 4.78 is 14.6. The van der Waals surface area contributed by atoms with E-state index in [1.165, 1.54) is 0 Å². The number of ether oxygens (including phenoxy) is 3. The van der Waals surface area contributed by atoms with Gasteiger partial charge in [0.05, 0.1) is 38.9 Å². The Kier molecular flexibility index (Phi) is 67.1. The van der Waals surface area contributed by atoms with Crippen LogP contribution >= 0.6 is 59.0 Å². The number of nitrogens with zero attached hydrogens (tertiary/aromatic N) is 3. The van der Waals surface area contributed by atoms with E-state index < -0.39 is 42.2 Å². The van der Waals surface area contributed by atoms with E-state index in [0.29, 0.717) is 13.2 Å². The van der Waals surface area contributed by atoms with Crippen molar-refractivity contribution in [1.29, 1.82) is 0 Å². The highest BCUT2D eigenvalue weighted by molar-refractivity contribution is 14.2. The molecule has 0 aromatic heterocycles. The van der Waals surface area contributed by atoms with E-state index in [2.05, 4.69) is 69.8 Å². The van der Waals surface area contributed by atoms with Crippen molar-refractivity contribution < 1.29 is 71.4 Å². The minimum atomic E-state index is -1.35. The lowest BCUT2D eigenvalue weighted by Gasteiger charge is -2.09. The van der Waals surface area contributed by atoms with Crippen molar-refractivity contribution in [2.45, 2.75) is 59.2 Å². The number of aliphatic hydroxyl groups is 2. The number of carboxylic acids is 3. The van der Waals surface area contributed by atoms with Crippen molar-refractivity contribution in [3.8, 4) is 0 Å². The fourth-order valence-corrected chi connectivity index (χ4v) is 1.89. The predicted octanol–water partition coefficient (Wildman–Crippen LogP) is 0.634. The van der Waals surface area contributed by atoms with Gasteiger partial charge in [-0.2, -0.15) is 9.12 Å². The number of esters is 3. The molecule has 2 atom stereocenters. The number of carboxylic acid groups (broad SMARTS) is 3. The van der Waals surface area contributed by atoms with Crippen molar-refractivity contribution in [3.63, 3.8) is 0 Å². The molecule has 0 aliphatic carbocycles. The molecule has 0 aliphatic rings. The van der Waals surface area contributed by atoms with Crippen LogP contribution in [0, 0.1) is 0 Å². The summed E-state index contributed by atoms with van der Waals surface area (Å²) in [5, 5.41) is 44.6. The molecule has 2 unspecified atom stereocenters. The van der Waals surface area contributed by atoms with Crippen LogP contribution in [0.15, 0.2) is 0 Å². The van der Waals surface area contributed by atoms with Gasteiger partial charge in [0.2, 0.25) is 4.29 Å². The van der Waals surface area contributed by atoms with E-state index >= 15 is 0 Å². The molecular formula is C30H67B2I2N3O14P2-2. The maximum Gasteiger partial charge on any atom is 0.306 e. The summed E-state index contributed by atoms with van der Waals surface area (Å²) >= 11 is 4.49. The van der Waals surface area contributed by atoms with Crippen LogP contribution in [-0.4, -0.2) is 179 Å².